The number of fused-ring (bicyclic) bond motifs is 6. The average Bonchev–Trinajstić information content (AvgIpc) is 3.68. The predicted molar refractivity (Wildman–Crippen MR) is 292 cm³/mol. The van der Waals surface area contributed by atoms with Gasteiger partial charge in [0.2, 0.25) is 5.69 Å². The van der Waals surface area contributed by atoms with Crippen molar-refractivity contribution in [1.29, 1.82) is 5.26 Å². The van der Waals surface area contributed by atoms with E-state index in [1.165, 1.54) is 33.3 Å². The van der Waals surface area contributed by atoms with E-state index in [0.29, 0.717) is 38.3 Å². The molecule has 0 aromatic heterocycles. The fourth-order valence-electron chi connectivity index (χ4n) is 10.7. The number of hydrogen-bond donors (Lipinski definition) is 0. The van der Waals surface area contributed by atoms with Crippen LogP contribution in [-0.2, 0) is 25.5 Å². The molecule has 5 aromatic rings. The molecule has 0 aliphatic carbocycles. The molecule has 9 nitrogen and oxygen atoms in total. The molecule has 0 spiro atoms. The number of nitrogens with zero attached hydrogens (tertiary/aromatic N) is 4. The van der Waals surface area contributed by atoms with E-state index in [1.807, 2.05) is 6.07 Å². The zero-order chi connectivity index (χ0) is 50.2. The highest BCUT2D eigenvalue weighted by Crippen LogP contribution is 2.51. The minimum Gasteiger partial charge on any atom is -0.748 e. The first kappa shape index (κ1) is 52.7. The van der Waals surface area contributed by atoms with E-state index in [2.05, 4.69) is 198 Å². The maximum Gasteiger partial charge on any atom is 0.210 e. The van der Waals surface area contributed by atoms with Crippen molar-refractivity contribution in [3.63, 3.8) is 0 Å². The number of anilines is 1. The number of unbranched alkanes of at least 4 members (excludes halogenated alkanes) is 2. The Morgan fingerprint density at radius 3 is 2.19 bits per heavy atom. The number of benzene rings is 5. The Kier molecular flexibility index (Phi) is 17.3. The van der Waals surface area contributed by atoms with E-state index in [1.54, 1.807) is 0 Å². The zero-order valence-corrected chi connectivity index (χ0v) is 44.6. The molecule has 70 heavy (non-hydrogen) atoms. The van der Waals surface area contributed by atoms with Crippen molar-refractivity contribution in [1.82, 2.24) is 4.67 Å². The standard InChI is InChI=1S/C59H73N4O5PS/c1-10-11-36-61-52-31-27-46-21-12-14-25-50(46)56(52)58(6,7)54(61)33-29-45(48-23-18-24-49(42-48)67-38-16-17-39-68-69(40-19-35-60)63(43(2)3)44(4)5)30-34-55-59(8,9)57-51-26-15-13-22-47(51)28-32-53(57)62(55)37-20-41-70(64,65)66/h12-15,18,21-34,42-44H,10-11,16-17,19-20,36-41H2,1-9H3. The summed E-state index contributed by atoms with van der Waals surface area (Å²) < 4.78 is 53.2. The average molecular weight is 981 g/mol. The molecule has 5 aromatic carbocycles. The van der Waals surface area contributed by atoms with Gasteiger partial charge in [0.1, 0.15) is 20.6 Å². The van der Waals surface area contributed by atoms with Crippen molar-refractivity contribution in [2.24, 2.45) is 0 Å². The molecule has 0 fully saturated rings. The first-order valence-electron chi connectivity index (χ1n) is 25.3. The second kappa shape index (κ2) is 22.9. The first-order valence-corrected chi connectivity index (χ1v) is 28.2. The van der Waals surface area contributed by atoms with Crippen molar-refractivity contribution < 1.29 is 26.8 Å². The third kappa shape index (κ3) is 11.8. The lowest BCUT2D eigenvalue weighted by Gasteiger charge is -2.37. The minimum atomic E-state index is -4.39. The fourth-order valence-corrected chi connectivity index (χ4v) is 13.3. The summed E-state index contributed by atoms with van der Waals surface area (Å²) in [7, 11) is -5.25. The van der Waals surface area contributed by atoms with E-state index >= 15 is 0 Å². The van der Waals surface area contributed by atoms with Crippen molar-refractivity contribution in [3.8, 4) is 11.8 Å². The van der Waals surface area contributed by atoms with E-state index < -0.39 is 29.6 Å². The van der Waals surface area contributed by atoms with Gasteiger partial charge in [-0.2, -0.15) is 9.84 Å². The van der Waals surface area contributed by atoms with Gasteiger partial charge in [0, 0.05) is 77.9 Å². The van der Waals surface area contributed by atoms with Gasteiger partial charge in [-0.3, -0.25) is 4.67 Å². The quantitative estimate of drug-likeness (QED) is 0.0209. The molecule has 0 saturated carbocycles. The predicted octanol–water partition coefficient (Wildman–Crippen LogP) is 13.9. The molecular weight excluding hydrogens is 908 g/mol. The van der Waals surface area contributed by atoms with Crippen LogP contribution in [0, 0.1) is 11.3 Å². The van der Waals surface area contributed by atoms with Gasteiger partial charge in [-0.15, -0.1) is 0 Å². The molecule has 2 aliphatic heterocycles. The Morgan fingerprint density at radius 2 is 1.51 bits per heavy atom. The number of nitriles is 1. The molecular formula is C59H73N4O5PS. The van der Waals surface area contributed by atoms with Crippen LogP contribution in [0.5, 0.6) is 5.75 Å². The van der Waals surface area contributed by atoms with Crippen LogP contribution in [0.15, 0.2) is 127 Å². The van der Waals surface area contributed by atoms with Gasteiger partial charge >= 0.3 is 0 Å². The summed E-state index contributed by atoms with van der Waals surface area (Å²) in [5.74, 6) is 0.355. The van der Waals surface area contributed by atoms with Crippen LogP contribution in [0.4, 0.5) is 11.4 Å². The van der Waals surface area contributed by atoms with E-state index in [0.717, 1.165) is 77.4 Å². The first-order chi connectivity index (χ1) is 33.5. The summed E-state index contributed by atoms with van der Waals surface area (Å²) in [5, 5.41) is 14.2. The van der Waals surface area contributed by atoms with Gasteiger partial charge < -0.3 is 18.7 Å². The van der Waals surface area contributed by atoms with Crippen LogP contribution in [0.1, 0.15) is 118 Å². The fraction of sp³-hybridized carbons (Fsp3) is 0.424. The normalized spacial score (nSPS) is 16.7. The molecule has 2 heterocycles. The molecule has 0 radical (unpaired) electrons. The largest absolute Gasteiger partial charge is 0.748 e. The van der Waals surface area contributed by atoms with Gasteiger partial charge in [0.05, 0.1) is 34.8 Å². The third-order valence-corrected chi connectivity index (χ3v) is 17.1. The van der Waals surface area contributed by atoms with Gasteiger partial charge in [-0.25, -0.2) is 8.42 Å². The lowest BCUT2D eigenvalue weighted by atomic mass is 9.79. The summed E-state index contributed by atoms with van der Waals surface area (Å²) in [6.07, 6.45) is 14.2. The van der Waals surface area contributed by atoms with Crippen LogP contribution in [0.25, 0.3) is 27.1 Å². The molecule has 0 amide bonds. The maximum absolute atomic E-state index is 11.9. The topological polar surface area (TPSA) is 109 Å². The van der Waals surface area contributed by atoms with Crippen LogP contribution >= 0.6 is 8.30 Å². The van der Waals surface area contributed by atoms with Gasteiger partial charge in [-0.1, -0.05) is 100.0 Å². The molecule has 0 N–H and O–H groups in total. The van der Waals surface area contributed by atoms with Crippen molar-refractivity contribution in [2.75, 3.05) is 43.1 Å². The zero-order valence-electron chi connectivity index (χ0n) is 42.9. The molecule has 1 atom stereocenters. The molecule has 2 aliphatic rings. The van der Waals surface area contributed by atoms with Crippen LogP contribution in [0.3, 0.4) is 0 Å². The molecule has 1 unspecified atom stereocenters. The van der Waals surface area contributed by atoms with Crippen molar-refractivity contribution in [3.05, 3.63) is 144 Å². The third-order valence-electron chi connectivity index (χ3n) is 13.8. The Balaban J connectivity index is 1.25. The SMILES string of the molecule is CCCCN1C(=CC=C(C=CC2=[N+](CCCS(=O)(=O)[O-])c3ccc4ccccc4c3C2(C)C)c2cccc(OCCCCOP(CCC#N)N(C(C)C)C(C)C)c2)C(C)(C)c2c1ccc1ccccc21. The number of hydrogen-bond acceptors (Lipinski definition) is 8. The molecule has 0 saturated heterocycles. The smallest absolute Gasteiger partial charge is 0.210 e. The van der Waals surface area contributed by atoms with Gasteiger partial charge in [0.15, 0.2) is 5.71 Å². The second-order valence-corrected chi connectivity index (χ2v) is 23.6. The van der Waals surface area contributed by atoms with Crippen LogP contribution in [0.2, 0.25) is 0 Å². The summed E-state index contributed by atoms with van der Waals surface area (Å²) in [4.78, 5) is 2.52. The lowest BCUT2D eigenvalue weighted by Crippen LogP contribution is -2.33. The summed E-state index contributed by atoms with van der Waals surface area (Å²) in [6.45, 7) is 22.6. The van der Waals surface area contributed by atoms with Crippen LogP contribution < -0.4 is 9.64 Å². The summed E-state index contributed by atoms with van der Waals surface area (Å²) >= 11 is 0. The van der Waals surface area contributed by atoms with E-state index in [4.69, 9.17) is 9.26 Å². The molecule has 0 bridgehead atoms. The summed E-state index contributed by atoms with van der Waals surface area (Å²) in [6, 6.07) is 37.2. The van der Waals surface area contributed by atoms with E-state index in [9.17, 15) is 18.2 Å². The Bertz CT molecular complexity index is 2940. The Hall–Kier alpha value is -5.14. The van der Waals surface area contributed by atoms with Gasteiger partial charge in [0.25, 0.3) is 0 Å². The van der Waals surface area contributed by atoms with Gasteiger partial charge in [-0.05, 0) is 135 Å². The highest BCUT2D eigenvalue weighted by molar-refractivity contribution is 7.85. The maximum atomic E-state index is 11.9. The van der Waals surface area contributed by atoms with Crippen molar-refractivity contribution in [2.45, 2.75) is 124 Å². The second-order valence-electron chi connectivity index (χ2n) is 20.2. The summed E-state index contributed by atoms with van der Waals surface area (Å²) in [5.41, 5.74) is 8.35. The number of rotatable bonds is 23. The minimum absolute atomic E-state index is 0.209. The molecule has 11 heteroatoms. The highest BCUT2D eigenvalue weighted by Gasteiger charge is 2.46. The van der Waals surface area contributed by atoms with Crippen LogP contribution in [-0.4, -0.2) is 78.2 Å². The number of allylic oxidation sites excluding steroid dienone is 6. The monoisotopic (exact) mass is 981 g/mol. The Morgan fingerprint density at radius 1 is 0.843 bits per heavy atom. The molecule has 7 rings (SSSR count). The van der Waals surface area contributed by atoms with E-state index in [-0.39, 0.29) is 11.8 Å². The number of ether oxygens (including phenoxy) is 1. The molecule has 370 valence electrons. The van der Waals surface area contributed by atoms with Crippen molar-refractivity contribution >= 4 is 62.6 Å². The Labute approximate surface area is 419 Å². The highest BCUT2D eigenvalue weighted by atomic mass is 32.2. The lowest BCUT2D eigenvalue weighted by molar-refractivity contribution is -0.437.